The Hall–Kier alpha value is -0.930. The van der Waals surface area contributed by atoms with Crippen LogP contribution in [-0.4, -0.2) is 29.1 Å². The Balaban J connectivity index is 1.68. The normalized spacial score (nSPS) is 31.5. The molecule has 0 amide bonds. The van der Waals surface area contributed by atoms with Crippen molar-refractivity contribution in [2.24, 2.45) is 5.92 Å². The van der Waals surface area contributed by atoms with Crippen molar-refractivity contribution in [3.05, 3.63) is 35.1 Å². The molecule has 0 radical (unpaired) electrons. The summed E-state index contributed by atoms with van der Waals surface area (Å²) in [5.41, 5.74) is 1.35. The van der Waals surface area contributed by atoms with Gasteiger partial charge in [0.1, 0.15) is 5.82 Å². The molecule has 3 atom stereocenters. The fourth-order valence-corrected chi connectivity index (χ4v) is 4.14. The molecule has 20 heavy (non-hydrogen) atoms. The molecular weight excluding hydrogens is 253 g/mol. The van der Waals surface area contributed by atoms with Crippen LogP contribution in [0.4, 0.5) is 4.39 Å². The largest absolute Gasteiger partial charge is 0.388 e. The highest BCUT2D eigenvalue weighted by atomic mass is 19.1. The first kappa shape index (κ1) is 14.0. The number of halogens is 1. The van der Waals surface area contributed by atoms with Crippen molar-refractivity contribution in [3.8, 4) is 0 Å². The molecule has 2 fully saturated rings. The number of aliphatic hydroxyl groups is 1. The van der Waals surface area contributed by atoms with Gasteiger partial charge >= 0.3 is 0 Å². The first-order valence-corrected chi connectivity index (χ1v) is 7.71. The molecule has 1 aromatic carbocycles. The lowest BCUT2D eigenvalue weighted by Crippen LogP contribution is -2.40. The molecule has 2 nitrogen and oxygen atoms in total. The Labute approximate surface area is 120 Å². The lowest BCUT2D eigenvalue weighted by molar-refractivity contribution is 0.0832. The Bertz CT molecular complexity index is 476. The van der Waals surface area contributed by atoms with Crippen LogP contribution in [0.1, 0.15) is 49.3 Å². The van der Waals surface area contributed by atoms with E-state index in [0.717, 1.165) is 12.0 Å². The molecule has 2 heterocycles. The van der Waals surface area contributed by atoms with Crippen molar-refractivity contribution >= 4 is 0 Å². The topological polar surface area (TPSA) is 23.5 Å². The highest BCUT2D eigenvalue weighted by Gasteiger charge is 2.38. The van der Waals surface area contributed by atoms with Crippen molar-refractivity contribution in [2.75, 3.05) is 7.05 Å². The van der Waals surface area contributed by atoms with Gasteiger partial charge in [-0.25, -0.2) is 4.39 Å². The molecule has 0 spiro atoms. The third kappa shape index (κ3) is 2.49. The van der Waals surface area contributed by atoms with Crippen LogP contribution in [0.15, 0.2) is 18.2 Å². The second-order valence-corrected chi connectivity index (χ2v) is 6.59. The van der Waals surface area contributed by atoms with Crippen LogP contribution in [0.5, 0.6) is 0 Å². The zero-order valence-corrected chi connectivity index (χ0v) is 12.3. The molecule has 0 saturated carbocycles. The van der Waals surface area contributed by atoms with Crippen molar-refractivity contribution in [1.82, 2.24) is 4.90 Å². The van der Waals surface area contributed by atoms with Crippen LogP contribution in [0.3, 0.4) is 0 Å². The molecule has 3 heteroatoms. The minimum absolute atomic E-state index is 0.218. The maximum Gasteiger partial charge on any atom is 0.126 e. The van der Waals surface area contributed by atoms with E-state index in [-0.39, 0.29) is 5.82 Å². The number of benzene rings is 1. The fraction of sp³-hybridized carbons (Fsp3) is 0.647. The highest BCUT2D eigenvalue weighted by molar-refractivity contribution is 5.29. The van der Waals surface area contributed by atoms with Gasteiger partial charge in [0, 0.05) is 12.1 Å². The van der Waals surface area contributed by atoms with Crippen molar-refractivity contribution in [2.45, 2.75) is 57.2 Å². The predicted octanol–water partition coefficient (Wildman–Crippen LogP) is 3.43. The van der Waals surface area contributed by atoms with Gasteiger partial charge in [0.15, 0.2) is 0 Å². The maximum absolute atomic E-state index is 13.6. The quantitative estimate of drug-likeness (QED) is 0.915. The summed E-state index contributed by atoms with van der Waals surface area (Å²) >= 11 is 0. The molecule has 110 valence electrons. The number of hydrogen-bond donors (Lipinski definition) is 1. The third-order valence-corrected chi connectivity index (χ3v) is 5.42. The minimum Gasteiger partial charge on any atom is -0.388 e. The van der Waals surface area contributed by atoms with Gasteiger partial charge in [-0.3, -0.25) is 0 Å². The molecule has 1 N–H and O–H groups in total. The number of nitrogens with zero attached hydrogens (tertiary/aromatic N) is 1. The first-order chi connectivity index (χ1) is 9.56. The second-order valence-electron chi connectivity index (χ2n) is 6.59. The summed E-state index contributed by atoms with van der Waals surface area (Å²) in [6.45, 7) is 1.76. The second kappa shape index (κ2) is 5.45. The first-order valence-electron chi connectivity index (χ1n) is 7.71. The molecule has 2 aliphatic heterocycles. The third-order valence-electron chi connectivity index (χ3n) is 5.42. The van der Waals surface area contributed by atoms with E-state index in [0.29, 0.717) is 23.6 Å². The number of rotatable bonds is 3. The predicted molar refractivity (Wildman–Crippen MR) is 78.0 cm³/mol. The van der Waals surface area contributed by atoms with Crippen LogP contribution in [0, 0.1) is 18.7 Å². The van der Waals surface area contributed by atoms with E-state index < -0.39 is 6.10 Å². The zero-order chi connectivity index (χ0) is 14.3. The summed E-state index contributed by atoms with van der Waals surface area (Å²) in [6, 6.07) is 6.40. The Morgan fingerprint density at radius 2 is 1.95 bits per heavy atom. The summed E-state index contributed by atoms with van der Waals surface area (Å²) in [7, 11) is 2.23. The number of piperidine rings is 1. The van der Waals surface area contributed by atoms with Crippen molar-refractivity contribution in [1.29, 1.82) is 0 Å². The van der Waals surface area contributed by atoms with E-state index in [9.17, 15) is 9.50 Å². The van der Waals surface area contributed by atoms with E-state index in [1.807, 2.05) is 6.07 Å². The summed E-state index contributed by atoms with van der Waals surface area (Å²) in [5, 5.41) is 10.5. The van der Waals surface area contributed by atoms with Gasteiger partial charge in [-0.2, -0.15) is 0 Å². The van der Waals surface area contributed by atoms with E-state index in [2.05, 4.69) is 11.9 Å². The highest BCUT2D eigenvalue weighted by Crippen LogP contribution is 2.41. The lowest BCUT2D eigenvalue weighted by atomic mass is 9.84. The summed E-state index contributed by atoms with van der Waals surface area (Å²) in [4.78, 5) is 2.51. The van der Waals surface area contributed by atoms with Crippen LogP contribution in [0.25, 0.3) is 0 Å². The zero-order valence-electron chi connectivity index (χ0n) is 12.3. The molecular formula is C17H24FNO. The van der Waals surface area contributed by atoms with Gasteiger partial charge in [-0.05, 0) is 69.2 Å². The summed E-state index contributed by atoms with van der Waals surface area (Å²) < 4.78 is 13.6. The molecule has 0 aromatic heterocycles. The number of aliphatic hydroxyl groups excluding tert-OH is 1. The van der Waals surface area contributed by atoms with Crippen molar-refractivity contribution in [3.63, 3.8) is 0 Å². The molecule has 2 aliphatic rings. The minimum atomic E-state index is -0.529. The van der Waals surface area contributed by atoms with Gasteiger partial charge < -0.3 is 10.0 Å². The summed E-state index contributed by atoms with van der Waals surface area (Å²) in [6.07, 6.45) is 5.19. The smallest absolute Gasteiger partial charge is 0.126 e. The van der Waals surface area contributed by atoms with Crippen LogP contribution < -0.4 is 0 Å². The van der Waals surface area contributed by atoms with Gasteiger partial charge in [-0.1, -0.05) is 12.1 Å². The molecule has 0 aliphatic carbocycles. The Morgan fingerprint density at radius 3 is 2.60 bits per heavy atom. The Morgan fingerprint density at radius 1 is 1.30 bits per heavy atom. The van der Waals surface area contributed by atoms with Gasteiger partial charge in [-0.15, -0.1) is 0 Å². The molecule has 3 rings (SSSR count). The van der Waals surface area contributed by atoms with Crippen LogP contribution >= 0.6 is 0 Å². The number of hydrogen-bond acceptors (Lipinski definition) is 2. The van der Waals surface area contributed by atoms with E-state index in [1.165, 1.54) is 31.7 Å². The SMILES string of the molecule is Cc1c(F)cccc1C(O)CC1CC2CCC(C1)N2C. The van der Waals surface area contributed by atoms with Gasteiger partial charge in [0.2, 0.25) is 0 Å². The Kier molecular flexibility index (Phi) is 3.83. The maximum atomic E-state index is 13.6. The molecule has 2 bridgehead atoms. The monoisotopic (exact) mass is 277 g/mol. The summed E-state index contributed by atoms with van der Waals surface area (Å²) in [5.74, 6) is 0.353. The van der Waals surface area contributed by atoms with E-state index in [4.69, 9.17) is 0 Å². The van der Waals surface area contributed by atoms with E-state index >= 15 is 0 Å². The van der Waals surface area contributed by atoms with Crippen LogP contribution in [0.2, 0.25) is 0 Å². The lowest BCUT2D eigenvalue weighted by Gasteiger charge is -2.37. The van der Waals surface area contributed by atoms with Crippen molar-refractivity contribution < 1.29 is 9.50 Å². The molecule has 3 unspecified atom stereocenters. The van der Waals surface area contributed by atoms with Crippen LogP contribution in [-0.2, 0) is 0 Å². The number of fused-ring (bicyclic) bond motifs is 2. The van der Waals surface area contributed by atoms with E-state index in [1.54, 1.807) is 13.0 Å². The average Bonchev–Trinajstić information content (AvgIpc) is 2.64. The average molecular weight is 277 g/mol. The standard InChI is InChI=1S/C17H24FNO/c1-11-15(4-3-5-16(11)18)17(20)10-12-8-13-6-7-14(9-12)19(13)2/h3-5,12-14,17,20H,6-10H2,1-2H3. The van der Waals surface area contributed by atoms with Gasteiger partial charge in [0.25, 0.3) is 0 Å². The molecule has 2 saturated heterocycles. The fourth-order valence-electron chi connectivity index (χ4n) is 4.14. The van der Waals surface area contributed by atoms with Gasteiger partial charge in [0.05, 0.1) is 6.10 Å². The molecule has 1 aromatic rings.